The number of benzene rings is 1. The molecule has 1 aliphatic heterocycles. The molecule has 2 atom stereocenters. The van der Waals surface area contributed by atoms with E-state index in [-0.39, 0.29) is 18.7 Å². The molecule has 25 heavy (non-hydrogen) atoms. The molecule has 1 aromatic rings. The Kier molecular flexibility index (Phi) is 7.72. The van der Waals surface area contributed by atoms with E-state index in [0.717, 1.165) is 32.5 Å². The normalized spacial score (nSPS) is 19.9. The van der Waals surface area contributed by atoms with Crippen molar-refractivity contribution < 1.29 is 9.90 Å². The van der Waals surface area contributed by atoms with Crippen LogP contribution < -0.4 is 5.32 Å². The Balaban J connectivity index is 2.00. The van der Waals surface area contributed by atoms with Gasteiger partial charge in [-0.1, -0.05) is 44.2 Å². The average Bonchev–Trinajstić information content (AvgIpc) is 2.60. The summed E-state index contributed by atoms with van der Waals surface area (Å²) in [5.74, 6) is 0.894. The Labute approximate surface area is 152 Å². The minimum Gasteiger partial charge on any atom is -0.396 e. The zero-order chi connectivity index (χ0) is 18.2. The quantitative estimate of drug-likeness (QED) is 0.797. The lowest BCUT2D eigenvalue weighted by Gasteiger charge is -2.40. The first-order chi connectivity index (χ1) is 12.0. The van der Waals surface area contributed by atoms with E-state index in [1.165, 1.54) is 5.56 Å². The van der Waals surface area contributed by atoms with E-state index in [2.05, 4.69) is 43.2 Å². The molecule has 0 radical (unpaired) electrons. The maximum absolute atomic E-state index is 12.8. The fourth-order valence-electron chi connectivity index (χ4n) is 3.61. The fraction of sp³-hybridized carbons (Fsp3) is 0.650. The highest BCUT2D eigenvalue weighted by molar-refractivity contribution is 5.75. The molecule has 2 N–H and O–H groups in total. The Morgan fingerprint density at radius 2 is 2.00 bits per heavy atom. The van der Waals surface area contributed by atoms with E-state index in [0.29, 0.717) is 18.4 Å². The summed E-state index contributed by atoms with van der Waals surface area (Å²) in [5.41, 5.74) is 1.18. The number of hydrogen-bond donors (Lipinski definition) is 2. The lowest BCUT2D eigenvalue weighted by Crippen LogP contribution is -2.53. The summed E-state index contributed by atoms with van der Waals surface area (Å²) < 4.78 is 0. The number of piperazine rings is 1. The third-order valence-corrected chi connectivity index (χ3v) is 4.91. The van der Waals surface area contributed by atoms with Gasteiger partial charge in [-0.05, 0) is 37.3 Å². The summed E-state index contributed by atoms with van der Waals surface area (Å²) in [7, 11) is 2.10. The minimum absolute atomic E-state index is 0.00801. The Morgan fingerprint density at radius 3 is 2.64 bits per heavy atom. The maximum atomic E-state index is 12.8. The van der Waals surface area contributed by atoms with Crippen LogP contribution in [-0.2, 0) is 0 Å². The van der Waals surface area contributed by atoms with Crippen LogP contribution in [0, 0.1) is 11.8 Å². The first-order valence-corrected chi connectivity index (χ1v) is 9.40. The predicted molar refractivity (Wildman–Crippen MR) is 101 cm³/mol. The summed E-state index contributed by atoms with van der Waals surface area (Å²) in [5, 5.41) is 12.4. The van der Waals surface area contributed by atoms with Crippen LogP contribution in [0.3, 0.4) is 0 Å². The van der Waals surface area contributed by atoms with E-state index in [1.54, 1.807) is 0 Å². The van der Waals surface area contributed by atoms with E-state index >= 15 is 0 Å². The third-order valence-electron chi connectivity index (χ3n) is 4.91. The molecule has 0 bridgehead atoms. The van der Waals surface area contributed by atoms with E-state index in [9.17, 15) is 9.90 Å². The van der Waals surface area contributed by atoms with Crippen LogP contribution in [0.5, 0.6) is 0 Å². The molecule has 2 rings (SSSR count). The second-order valence-electron chi connectivity index (χ2n) is 7.58. The molecular formula is C20H33N3O2. The molecule has 0 aliphatic carbocycles. The summed E-state index contributed by atoms with van der Waals surface area (Å²) in [6.07, 6.45) is 1.76. The SMILES string of the molecule is CC(C)CC(CCO)CNC(=O)N1CCN(C)CC1c1ccccc1. The summed E-state index contributed by atoms with van der Waals surface area (Å²) in [4.78, 5) is 17.0. The number of amides is 2. The van der Waals surface area contributed by atoms with Gasteiger partial charge in [0.15, 0.2) is 0 Å². The van der Waals surface area contributed by atoms with Crippen molar-refractivity contribution in [2.45, 2.75) is 32.7 Å². The number of aliphatic hydroxyl groups excluding tert-OH is 1. The maximum Gasteiger partial charge on any atom is 0.318 e. The van der Waals surface area contributed by atoms with Gasteiger partial charge in [0.05, 0.1) is 6.04 Å². The third kappa shape index (κ3) is 6.01. The van der Waals surface area contributed by atoms with Crippen LogP contribution in [0.4, 0.5) is 4.79 Å². The zero-order valence-electron chi connectivity index (χ0n) is 15.8. The van der Waals surface area contributed by atoms with Gasteiger partial charge in [-0.25, -0.2) is 4.79 Å². The molecule has 0 saturated carbocycles. The molecule has 1 heterocycles. The highest BCUT2D eigenvalue weighted by Crippen LogP contribution is 2.25. The molecule has 0 aromatic heterocycles. The molecule has 1 saturated heterocycles. The molecule has 1 fully saturated rings. The van der Waals surface area contributed by atoms with Crippen LogP contribution in [0.2, 0.25) is 0 Å². The van der Waals surface area contributed by atoms with Gasteiger partial charge in [0.25, 0.3) is 0 Å². The van der Waals surface area contributed by atoms with Gasteiger partial charge in [0.1, 0.15) is 0 Å². The molecule has 5 heteroatoms. The first kappa shape index (κ1) is 19.7. The molecular weight excluding hydrogens is 314 g/mol. The molecule has 0 spiro atoms. The van der Waals surface area contributed by atoms with Gasteiger partial charge < -0.3 is 20.2 Å². The number of hydrogen-bond acceptors (Lipinski definition) is 3. The van der Waals surface area contributed by atoms with E-state index < -0.39 is 0 Å². The zero-order valence-corrected chi connectivity index (χ0v) is 15.8. The standard InChI is InChI=1S/C20H33N3O2/c1-16(2)13-17(9-12-24)14-21-20(25)23-11-10-22(3)15-19(23)18-7-5-4-6-8-18/h4-8,16-17,19,24H,9-15H2,1-3H3,(H,21,25). The molecule has 140 valence electrons. The molecule has 1 aromatic carbocycles. The van der Waals surface area contributed by atoms with Crippen molar-refractivity contribution in [3.8, 4) is 0 Å². The number of nitrogens with one attached hydrogen (secondary N) is 1. The first-order valence-electron chi connectivity index (χ1n) is 9.40. The molecule has 2 unspecified atom stereocenters. The van der Waals surface area contributed by atoms with Gasteiger partial charge >= 0.3 is 6.03 Å². The molecule has 1 aliphatic rings. The fourth-order valence-corrected chi connectivity index (χ4v) is 3.61. The average molecular weight is 348 g/mol. The highest BCUT2D eigenvalue weighted by Gasteiger charge is 2.30. The number of likely N-dealkylation sites (N-methyl/N-ethyl adjacent to an activating group) is 1. The summed E-state index contributed by atoms with van der Waals surface area (Å²) in [6, 6.07) is 10.3. The van der Waals surface area contributed by atoms with Gasteiger partial charge in [-0.15, -0.1) is 0 Å². The summed E-state index contributed by atoms with van der Waals surface area (Å²) in [6.45, 7) is 7.64. The van der Waals surface area contributed by atoms with Crippen molar-refractivity contribution in [1.82, 2.24) is 15.1 Å². The van der Waals surface area contributed by atoms with Gasteiger partial charge in [0.2, 0.25) is 0 Å². The number of aliphatic hydroxyl groups is 1. The van der Waals surface area contributed by atoms with Crippen LogP contribution in [0.25, 0.3) is 0 Å². The molecule has 2 amide bonds. The van der Waals surface area contributed by atoms with Gasteiger partial charge in [0, 0.05) is 32.8 Å². The summed E-state index contributed by atoms with van der Waals surface area (Å²) >= 11 is 0. The number of nitrogens with zero attached hydrogens (tertiary/aromatic N) is 2. The van der Waals surface area contributed by atoms with Crippen molar-refractivity contribution in [1.29, 1.82) is 0 Å². The topological polar surface area (TPSA) is 55.8 Å². The number of carbonyl (C=O) groups excluding carboxylic acids is 1. The smallest absolute Gasteiger partial charge is 0.318 e. The number of urea groups is 1. The minimum atomic E-state index is 0.00801. The largest absolute Gasteiger partial charge is 0.396 e. The van der Waals surface area contributed by atoms with E-state index in [1.807, 2.05) is 23.1 Å². The van der Waals surface area contributed by atoms with Gasteiger partial charge in [-0.2, -0.15) is 0 Å². The molecule has 5 nitrogen and oxygen atoms in total. The van der Waals surface area contributed by atoms with Crippen molar-refractivity contribution >= 4 is 6.03 Å². The van der Waals surface area contributed by atoms with Crippen molar-refractivity contribution in [3.05, 3.63) is 35.9 Å². The monoisotopic (exact) mass is 347 g/mol. The van der Waals surface area contributed by atoms with Crippen LogP contribution >= 0.6 is 0 Å². The Morgan fingerprint density at radius 1 is 1.28 bits per heavy atom. The van der Waals surface area contributed by atoms with Gasteiger partial charge in [-0.3, -0.25) is 0 Å². The highest BCUT2D eigenvalue weighted by atomic mass is 16.3. The van der Waals surface area contributed by atoms with E-state index in [4.69, 9.17) is 0 Å². The van der Waals surface area contributed by atoms with Crippen molar-refractivity contribution in [2.24, 2.45) is 11.8 Å². The number of rotatable bonds is 7. The van der Waals surface area contributed by atoms with Crippen LogP contribution in [0.15, 0.2) is 30.3 Å². The lowest BCUT2D eigenvalue weighted by atomic mass is 9.94. The number of carbonyl (C=O) groups is 1. The van der Waals surface area contributed by atoms with Crippen molar-refractivity contribution in [2.75, 3.05) is 39.8 Å². The van der Waals surface area contributed by atoms with Crippen molar-refractivity contribution in [3.63, 3.8) is 0 Å². The second-order valence-corrected chi connectivity index (χ2v) is 7.58. The van der Waals surface area contributed by atoms with Crippen LogP contribution in [-0.4, -0.2) is 60.8 Å². The predicted octanol–water partition coefficient (Wildman–Crippen LogP) is 2.73. The second kappa shape index (κ2) is 9.78. The Hall–Kier alpha value is -1.59. The van der Waals surface area contributed by atoms with Crippen LogP contribution in [0.1, 0.15) is 38.3 Å². The lowest BCUT2D eigenvalue weighted by molar-refractivity contribution is 0.107. The Bertz CT molecular complexity index is 521.